The van der Waals surface area contributed by atoms with Crippen molar-refractivity contribution in [3.05, 3.63) is 35.3 Å². The third kappa shape index (κ3) is 4.43. The molecule has 2 aromatic rings. The Kier molecular flexibility index (Phi) is 5.26. The Labute approximate surface area is 123 Å². The fourth-order valence-corrected chi connectivity index (χ4v) is 2.64. The highest BCUT2D eigenvalue weighted by Crippen LogP contribution is 2.22. The van der Waals surface area contributed by atoms with Gasteiger partial charge in [-0.15, -0.1) is 11.3 Å². The largest absolute Gasteiger partial charge is 0.353 e. The fourth-order valence-electron chi connectivity index (χ4n) is 1.77. The minimum Gasteiger partial charge on any atom is -0.353 e. The maximum atomic E-state index is 11.6. The summed E-state index contributed by atoms with van der Waals surface area (Å²) in [5.41, 5.74) is 0.976. The van der Waals surface area contributed by atoms with E-state index in [1.807, 2.05) is 38.4 Å². The molecule has 106 valence electrons. The van der Waals surface area contributed by atoms with Gasteiger partial charge in [0.25, 0.3) is 0 Å². The molecule has 1 aromatic heterocycles. The van der Waals surface area contributed by atoms with Gasteiger partial charge in [-0.25, -0.2) is 4.98 Å². The van der Waals surface area contributed by atoms with Crippen molar-refractivity contribution in [3.63, 3.8) is 0 Å². The lowest BCUT2D eigenvalue weighted by Gasteiger charge is -2.08. The van der Waals surface area contributed by atoms with Crippen molar-refractivity contribution in [1.82, 2.24) is 15.2 Å². The van der Waals surface area contributed by atoms with Crippen LogP contribution in [0.2, 0.25) is 0 Å². The van der Waals surface area contributed by atoms with Crippen LogP contribution in [0.4, 0.5) is 0 Å². The van der Waals surface area contributed by atoms with Gasteiger partial charge < -0.3 is 10.2 Å². The molecule has 0 aliphatic heterocycles. The van der Waals surface area contributed by atoms with Gasteiger partial charge in [-0.3, -0.25) is 4.79 Å². The number of thiazole rings is 1. The van der Waals surface area contributed by atoms with E-state index in [4.69, 9.17) is 0 Å². The summed E-state index contributed by atoms with van der Waals surface area (Å²) >= 11 is 1.59. The zero-order valence-electron chi connectivity index (χ0n) is 11.8. The number of para-hydroxylation sites is 1. The Morgan fingerprint density at radius 2 is 2.20 bits per heavy atom. The number of aromatic nitrogens is 1. The number of nitrogens with one attached hydrogen (secondary N) is 1. The summed E-state index contributed by atoms with van der Waals surface area (Å²) in [6.45, 7) is 1.67. The molecule has 0 fully saturated rings. The average molecular weight is 289 g/mol. The van der Waals surface area contributed by atoms with Crippen molar-refractivity contribution in [2.45, 2.75) is 6.42 Å². The predicted molar refractivity (Wildman–Crippen MR) is 84.8 cm³/mol. The monoisotopic (exact) mass is 289 g/mol. The number of carbonyl (C=O) groups is 1. The first-order valence-electron chi connectivity index (χ1n) is 6.61. The molecule has 0 radical (unpaired) electrons. The highest BCUT2D eigenvalue weighted by atomic mass is 32.1. The molecule has 4 nitrogen and oxygen atoms in total. The van der Waals surface area contributed by atoms with Crippen LogP contribution in [0.15, 0.2) is 30.3 Å². The van der Waals surface area contributed by atoms with Crippen LogP contribution in [-0.2, 0) is 4.79 Å². The summed E-state index contributed by atoms with van der Waals surface area (Å²) < 4.78 is 1.14. The Morgan fingerprint density at radius 3 is 2.95 bits per heavy atom. The van der Waals surface area contributed by atoms with Crippen LogP contribution < -0.4 is 5.32 Å². The molecular formula is C15H19N3OS. The van der Waals surface area contributed by atoms with E-state index in [0.717, 1.165) is 28.2 Å². The van der Waals surface area contributed by atoms with Gasteiger partial charge in [0.2, 0.25) is 5.91 Å². The van der Waals surface area contributed by atoms with E-state index in [1.165, 1.54) is 0 Å². The third-order valence-corrected chi connectivity index (χ3v) is 3.77. The number of carbonyl (C=O) groups excluding carboxylic acids is 1. The fraction of sp³-hybridized carbons (Fsp3) is 0.333. The molecule has 0 aliphatic rings. The summed E-state index contributed by atoms with van der Waals surface area (Å²) in [5, 5.41) is 3.72. The van der Waals surface area contributed by atoms with Gasteiger partial charge in [0.15, 0.2) is 0 Å². The minimum atomic E-state index is -0.0667. The number of hydrogen-bond acceptors (Lipinski definition) is 4. The number of hydrogen-bond donors (Lipinski definition) is 1. The van der Waals surface area contributed by atoms with Crippen LogP contribution in [0.3, 0.4) is 0 Å². The molecule has 0 spiro atoms. The van der Waals surface area contributed by atoms with Crippen LogP contribution in [0.25, 0.3) is 16.3 Å². The molecular weight excluding hydrogens is 270 g/mol. The number of rotatable bonds is 6. The first-order chi connectivity index (χ1) is 9.65. The summed E-state index contributed by atoms with van der Waals surface area (Å²) in [4.78, 5) is 18.2. The number of benzene rings is 1. The maximum absolute atomic E-state index is 11.6. The average Bonchev–Trinajstić information content (AvgIpc) is 2.84. The van der Waals surface area contributed by atoms with Gasteiger partial charge in [0.05, 0.1) is 10.2 Å². The van der Waals surface area contributed by atoms with Gasteiger partial charge in [-0.05, 0) is 45.3 Å². The third-order valence-electron chi connectivity index (χ3n) is 2.77. The standard InChI is InChI=1S/C15H19N3OS/c1-18(2)11-5-10-16-14(19)8-9-15-17-12-6-3-4-7-13(12)20-15/h3-4,6-9H,5,10-11H2,1-2H3,(H,16,19)/b9-8+. The molecule has 1 aromatic carbocycles. The molecule has 1 heterocycles. The molecule has 2 rings (SSSR count). The molecule has 0 atom stereocenters. The second-order valence-corrected chi connectivity index (χ2v) is 5.86. The highest BCUT2D eigenvalue weighted by Gasteiger charge is 2.00. The molecule has 1 amide bonds. The van der Waals surface area contributed by atoms with Crippen molar-refractivity contribution in [3.8, 4) is 0 Å². The van der Waals surface area contributed by atoms with Crippen molar-refractivity contribution >= 4 is 33.5 Å². The summed E-state index contributed by atoms with van der Waals surface area (Å²) in [5.74, 6) is -0.0667. The topological polar surface area (TPSA) is 45.2 Å². The van der Waals surface area contributed by atoms with E-state index < -0.39 is 0 Å². The van der Waals surface area contributed by atoms with Crippen molar-refractivity contribution in [1.29, 1.82) is 0 Å². The molecule has 1 N–H and O–H groups in total. The van der Waals surface area contributed by atoms with E-state index in [0.29, 0.717) is 6.54 Å². The van der Waals surface area contributed by atoms with Crippen molar-refractivity contribution in [2.75, 3.05) is 27.2 Å². The maximum Gasteiger partial charge on any atom is 0.244 e. The lowest BCUT2D eigenvalue weighted by molar-refractivity contribution is -0.116. The van der Waals surface area contributed by atoms with Crippen molar-refractivity contribution in [2.24, 2.45) is 0 Å². The number of fused-ring (bicyclic) bond motifs is 1. The van der Waals surface area contributed by atoms with Crippen LogP contribution in [0.1, 0.15) is 11.4 Å². The number of nitrogens with zero attached hydrogens (tertiary/aromatic N) is 2. The second kappa shape index (κ2) is 7.17. The van der Waals surface area contributed by atoms with E-state index in [1.54, 1.807) is 23.5 Å². The first-order valence-corrected chi connectivity index (χ1v) is 7.43. The smallest absolute Gasteiger partial charge is 0.244 e. The summed E-state index contributed by atoms with van der Waals surface area (Å²) in [6.07, 6.45) is 4.27. The zero-order valence-corrected chi connectivity index (χ0v) is 12.6. The van der Waals surface area contributed by atoms with E-state index in [-0.39, 0.29) is 5.91 Å². The van der Waals surface area contributed by atoms with Crippen molar-refractivity contribution < 1.29 is 4.79 Å². The molecule has 0 saturated heterocycles. The zero-order chi connectivity index (χ0) is 14.4. The Bertz CT molecular complexity index is 571. The van der Waals surface area contributed by atoms with Gasteiger partial charge >= 0.3 is 0 Å². The molecule has 0 aliphatic carbocycles. The van der Waals surface area contributed by atoms with Crippen LogP contribution in [0.5, 0.6) is 0 Å². The lowest BCUT2D eigenvalue weighted by Crippen LogP contribution is -2.25. The predicted octanol–water partition coefficient (Wildman–Crippen LogP) is 2.38. The van der Waals surface area contributed by atoms with Crippen LogP contribution >= 0.6 is 11.3 Å². The highest BCUT2D eigenvalue weighted by molar-refractivity contribution is 7.19. The minimum absolute atomic E-state index is 0.0667. The van der Waals surface area contributed by atoms with Gasteiger partial charge in [-0.1, -0.05) is 12.1 Å². The molecule has 0 saturated carbocycles. The van der Waals surface area contributed by atoms with Crippen LogP contribution in [0, 0.1) is 0 Å². The molecule has 0 bridgehead atoms. The van der Waals surface area contributed by atoms with E-state index in [9.17, 15) is 4.79 Å². The molecule has 0 unspecified atom stereocenters. The SMILES string of the molecule is CN(C)CCCNC(=O)/C=C/c1nc2ccccc2s1. The number of amides is 1. The van der Waals surface area contributed by atoms with Gasteiger partial charge in [0.1, 0.15) is 5.01 Å². The summed E-state index contributed by atoms with van der Waals surface area (Å²) in [7, 11) is 4.05. The molecule has 20 heavy (non-hydrogen) atoms. The normalized spacial score (nSPS) is 11.6. The van der Waals surface area contributed by atoms with Gasteiger partial charge in [-0.2, -0.15) is 0 Å². The Balaban J connectivity index is 1.84. The quantitative estimate of drug-likeness (QED) is 0.656. The second-order valence-electron chi connectivity index (χ2n) is 4.80. The van der Waals surface area contributed by atoms with E-state index in [2.05, 4.69) is 15.2 Å². The van der Waals surface area contributed by atoms with E-state index >= 15 is 0 Å². The molecule has 5 heteroatoms. The van der Waals surface area contributed by atoms with Crippen LogP contribution in [-0.4, -0.2) is 43.0 Å². The Morgan fingerprint density at radius 1 is 1.40 bits per heavy atom. The Hall–Kier alpha value is -1.72. The van der Waals surface area contributed by atoms with Gasteiger partial charge in [0, 0.05) is 12.6 Å². The summed E-state index contributed by atoms with van der Waals surface area (Å²) in [6, 6.07) is 7.97. The first kappa shape index (κ1) is 14.7. The lowest BCUT2D eigenvalue weighted by atomic mass is 10.3.